The number of anilines is 1. The molecule has 1 fully saturated rings. The molecular weight excluding hydrogens is 323 g/mol. The third kappa shape index (κ3) is 5.99. The summed E-state index contributed by atoms with van der Waals surface area (Å²) in [6, 6.07) is 4.56. The first kappa shape index (κ1) is 21.0. The molecule has 0 aromatic carbocycles. The fourth-order valence-corrected chi connectivity index (χ4v) is 2.50. The standard InChI is InChI=1S/C15H24N4O.2ClH/c1-10(2)18-14-13(5-4-7-17-14)15(20)19-12-6-8-16-11(3)9-12;;/h4-5,7,10-12,16H,6,8-9H2,1-3H3,(H,17,18)(H,19,20);2*1H. The highest BCUT2D eigenvalue weighted by atomic mass is 35.5. The highest BCUT2D eigenvalue weighted by molar-refractivity contribution is 5.98. The second-order valence-electron chi connectivity index (χ2n) is 5.75. The molecule has 1 aromatic rings. The van der Waals surface area contributed by atoms with E-state index in [9.17, 15) is 4.79 Å². The van der Waals surface area contributed by atoms with E-state index in [0.29, 0.717) is 17.4 Å². The molecule has 2 atom stereocenters. The lowest BCUT2D eigenvalue weighted by Crippen LogP contribution is -2.46. The van der Waals surface area contributed by atoms with Crippen LogP contribution in [0.1, 0.15) is 44.0 Å². The number of pyridine rings is 1. The summed E-state index contributed by atoms with van der Waals surface area (Å²) >= 11 is 0. The molecule has 1 saturated heterocycles. The zero-order chi connectivity index (χ0) is 14.5. The average Bonchev–Trinajstić information content (AvgIpc) is 2.38. The summed E-state index contributed by atoms with van der Waals surface area (Å²) in [7, 11) is 0. The van der Waals surface area contributed by atoms with Crippen molar-refractivity contribution in [3.8, 4) is 0 Å². The van der Waals surface area contributed by atoms with E-state index < -0.39 is 0 Å². The van der Waals surface area contributed by atoms with Crippen LogP contribution in [0.2, 0.25) is 0 Å². The minimum atomic E-state index is -0.0413. The van der Waals surface area contributed by atoms with E-state index in [0.717, 1.165) is 19.4 Å². The zero-order valence-electron chi connectivity index (χ0n) is 13.3. The molecule has 1 amide bonds. The number of piperidine rings is 1. The van der Waals surface area contributed by atoms with Crippen molar-refractivity contribution in [3.63, 3.8) is 0 Å². The molecule has 0 aliphatic carbocycles. The van der Waals surface area contributed by atoms with Crippen LogP contribution in [-0.2, 0) is 0 Å². The van der Waals surface area contributed by atoms with Gasteiger partial charge in [0.2, 0.25) is 0 Å². The predicted octanol–water partition coefficient (Wildman–Crippen LogP) is 2.62. The van der Waals surface area contributed by atoms with E-state index in [1.165, 1.54) is 0 Å². The normalized spacial score (nSPS) is 20.5. The number of aromatic nitrogens is 1. The maximum absolute atomic E-state index is 12.4. The molecule has 5 nitrogen and oxygen atoms in total. The van der Waals surface area contributed by atoms with Crippen molar-refractivity contribution >= 4 is 36.5 Å². The maximum Gasteiger partial charge on any atom is 0.255 e. The van der Waals surface area contributed by atoms with Gasteiger partial charge in [-0.3, -0.25) is 4.79 Å². The van der Waals surface area contributed by atoms with Crippen LogP contribution in [0.4, 0.5) is 5.82 Å². The lowest BCUT2D eigenvalue weighted by Gasteiger charge is -2.28. The van der Waals surface area contributed by atoms with Crippen LogP contribution in [-0.4, -0.2) is 35.6 Å². The number of amides is 1. The summed E-state index contributed by atoms with van der Waals surface area (Å²) in [6.45, 7) is 7.17. The Hall–Kier alpha value is -1.04. The van der Waals surface area contributed by atoms with Gasteiger partial charge in [0.25, 0.3) is 5.91 Å². The maximum atomic E-state index is 12.4. The third-order valence-electron chi connectivity index (χ3n) is 3.44. The quantitative estimate of drug-likeness (QED) is 0.782. The summed E-state index contributed by atoms with van der Waals surface area (Å²) in [5.41, 5.74) is 0.618. The monoisotopic (exact) mass is 348 g/mol. The van der Waals surface area contributed by atoms with Crippen molar-refractivity contribution in [1.82, 2.24) is 15.6 Å². The summed E-state index contributed by atoms with van der Waals surface area (Å²) in [5, 5.41) is 9.72. The van der Waals surface area contributed by atoms with Gasteiger partial charge in [0.1, 0.15) is 5.82 Å². The van der Waals surface area contributed by atoms with Crippen molar-refractivity contribution in [2.24, 2.45) is 0 Å². The molecule has 0 saturated carbocycles. The van der Waals surface area contributed by atoms with Gasteiger partial charge in [0.15, 0.2) is 0 Å². The van der Waals surface area contributed by atoms with Crippen LogP contribution in [0.3, 0.4) is 0 Å². The van der Waals surface area contributed by atoms with Gasteiger partial charge in [-0.15, -0.1) is 24.8 Å². The molecule has 2 unspecified atom stereocenters. The lowest BCUT2D eigenvalue weighted by atomic mass is 10.0. The molecule has 22 heavy (non-hydrogen) atoms. The Bertz CT molecular complexity index is 471. The fraction of sp³-hybridized carbons (Fsp3) is 0.600. The minimum Gasteiger partial charge on any atom is -0.367 e. The molecule has 0 spiro atoms. The summed E-state index contributed by atoms with van der Waals surface area (Å²) in [6.07, 6.45) is 3.65. The van der Waals surface area contributed by atoms with Gasteiger partial charge in [-0.2, -0.15) is 0 Å². The van der Waals surface area contributed by atoms with Crippen LogP contribution >= 0.6 is 24.8 Å². The summed E-state index contributed by atoms with van der Waals surface area (Å²) < 4.78 is 0. The number of rotatable bonds is 4. The third-order valence-corrected chi connectivity index (χ3v) is 3.44. The van der Waals surface area contributed by atoms with E-state index in [-0.39, 0.29) is 42.8 Å². The molecule has 1 aliphatic heterocycles. The van der Waals surface area contributed by atoms with E-state index in [4.69, 9.17) is 0 Å². The molecule has 2 rings (SSSR count). The highest BCUT2D eigenvalue weighted by Crippen LogP contribution is 2.14. The van der Waals surface area contributed by atoms with Crippen molar-refractivity contribution in [1.29, 1.82) is 0 Å². The zero-order valence-corrected chi connectivity index (χ0v) is 14.9. The van der Waals surface area contributed by atoms with Gasteiger partial charge in [0.05, 0.1) is 5.56 Å². The first-order valence-electron chi connectivity index (χ1n) is 7.32. The Balaban J connectivity index is 0.00000220. The van der Waals surface area contributed by atoms with Crippen molar-refractivity contribution < 1.29 is 4.79 Å². The van der Waals surface area contributed by atoms with Crippen molar-refractivity contribution in [2.45, 2.75) is 51.7 Å². The van der Waals surface area contributed by atoms with Crippen LogP contribution in [0.15, 0.2) is 18.3 Å². The van der Waals surface area contributed by atoms with Crippen molar-refractivity contribution in [3.05, 3.63) is 23.9 Å². The molecular formula is C15H26Cl2N4O. The number of carbonyl (C=O) groups is 1. The molecule has 126 valence electrons. The highest BCUT2D eigenvalue weighted by Gasteiger charge is 2.21. The van der Waals surface area contributed by atoms with E-state index in [1.54, 1.807) is 12.3 Å². The Kier molecular flexibility index (Phi) is 9.41. The number of hydrogen-bond acceptors (Lipinski definition) is 4. The average molecular weight is 349 g/mol. The Morgan fingerprint density at radius 1 is 1.41 bits per heavy atom. The predicted molar refractivity (Wildman–Crippen MR) is 95.4 cm³/mol. The second-order valence-corrected chi connectivity index (χ2v) is 5.75. The molecule has 1 aliphatic rings. The second kappa shape index (κ2) is 9.87. The van der Waals surface area contributed by atoms with Crippen LogP contribution in [0.5, 0.6) is 0 Å². The van der Waals surface area contributed by atoms with Crippen LogP contribution in [0, 0.1) is 0 Å². The van der Waals surface area contributed by atoms with Gasteiger partial charge < -0.3 is 16.0 Å². The van der Waals surface area contributed by atoms with Crippen LogP contribution < -0.4 is 16.0 Å². The summed E-state index contributed by atoms with van der Waals surface area (Å²) in [4.78, 5) is 16.7. The minimum absolute atomic E-state index is 0. The Morgan fingerprint density at radius 2 is 2.14 bits per heavy atom. The van der Waals surface area contributed by atoms with Crippen LogP contribution in [0.25, 0.3) is 0 Å². The van der Waals surface area contributed by atoms with Gasteiger partial charge in [-0.05, 0) is 52.3 Å². The lowest BCUT2D eigenvalue weighted by molar-refractivity contribution is 0.0926. The molecule has 0 bridgehead atoms. The first-order valence-corrected chi connectivity index (χ1v) is 7.32. The fourth-order valence-electron chi connectivity index (χ4n) is 2.50. The largest absolute Gasteiger partial charge is 0.367 e. The smallest absolute Gasteiger partial charge is 0.255 e. The number of carbonyl (C=O) groups excluding carboxylic acids is 1. The molecule has 0 radical (unpaired) electrons. The van der Waals surface area contributed by atoms with Gasteiger partial charge in [0, 0.05) is 24.3 Å². The molecule has 3 N–H and O–H groups in total. The van der Waals surface area contributed by atoms with E-state index in [1.807, 2.05) is 19.9 Å². The molecule has 2 heterocycles. The number of nitrogens with one attached hydrogen (secondary N) is 3. The number of hydrogen-bond donors (Lipinski definition) is 3. The number of halogens is 2. The number of nitrogens with zero attached hydrogens (tertiary/aromatic N) is 1. The van der Waals surface area contributed by atoms with Gasteiger partial charge in [-0.25, -0.2) is 4.98 Å². The molecule has 1 aromatic heterocycles. The Labute approximate surface area is 144 Å². The van der Waals surface area contributed by atoms with Gasteiger partial charge in [-0.1, -0.05) is 0 Å². The van der Waals surface area contributed by atoms with Crippen molar-refractivity contribution in [2.75, 3.05) is 11.9 Å². The molecule has 7 heteroatoms. The summed E-state index contributed by atoms with van der Waals surface area (Å²) in [5.74, 6) is 0.613. The first-order chi connectivity index (χ1) is 9.56. The SMILES string of the molecule is CC(C)Nc1ncccc1C(=O)NC1CCNC(C)C1.Cl.Cl. The van der Waals surface area contributed by atoms with Gasteiger partial charge >= 0.3 is 0 Å². The Morgan fingerprint density at radius 3 is 2.77 bits per heavy atom. The van der Waals surface area contributed by atoms with E-state index >= 15 is 0 Å². The van der Waals surface area contributed by atoms with E-state index in [2.05, 4.69) is 27.9 Å². The topological polar surface area (TPSA) is 66.0 Å².